The van der Waals surface area contributed by atoms with Crippen molar-refractivity contribution < 1.29 is 26.8 Å². The van der Waals surface area contributed by atoms with Crippen molar-refractivity contribution >= 4 is 13.3 Å². The van der Waals surface area contributed by atoms with Crippen LogP contribution in [0, 0.1) is 6.92 Å². The molecular formula is C21H27F3NO3P. The van der Waals surface area contributed by atoms with E-state index in [1.54, 1.807) is 39.8 Å². The van der Waals surface area contributed by atoms with E-state index in [9.17, 15) is 17.7 Å². The van der Waals surface area contributed by atoms with Crippen molar-refractivity contribution in [1.29, 1.82) is 0 Å². The molecule has 4 nitrogen and oxygen atoms in total. The summed E-state index contributed by atoms with van der Waals surface area (Å²) in [5.74, 6) is -0.976. The van der Waals surface area contributed by atoms with Gasteiger partial charge in [-0.1, -0.05) is 35.9 Å². The van der Waals surface area contributed by atoms with Gasteiger partial charge >= 0.3 is 13.8 Å². The maximum atomic E-state index is 13.8. The molecule has 2 aromatic carbocycles. The predicted octanol–water partition coefficient (Wildman–Crippen LogP) is 7.17. The van der Waals surface area contributed by atoms with E-state index in [4.69, 9.17) is 9.05 Å². The lowest BCUT2D eigenvalue weighted by Gasteiger charge is -2.31. The molecule has 0 aliphatic rings. The Morgan fingerprint density at radius 2 is 1.52 bits per heavy atom. The molecule has 0 aromatic heterocycles. The maximum Gasteiger partial charge on any atom is 0.416 e. The third-order valence-corrected chi connectivity index (χ3v) is 6.37. The zero-order valence-electron chi connectivity index (χ0n) is 17.2. The van der Waals surface area contributed by atoms with Crippen molar-refractivity contribution in [2.24, 2.45) is 0 Å². The molecule has 0 heterocycles. The number of rotatable bonds is 8. The predicted molar refractivity (Wildman–Crippen MR) is 109 cm³/mol. The summed E-state index contributed by atoms with van der Waals surface area (Å²) in [6.07, 6.45) is -5.30. The van der Waals surface area contributed by atoms with E-state index < -0.39 is 37.3 Å². The second-order valence-corrected chi connectivity index (χ2v) is 9.41. The van der Waals surface area contributed by atoms with Gasteiger partial charge in [0.15, 0.2) is 5.78 Å². The Hall–Kier alpha value is -1.82. The highest BCUT2D eigenvalue weighted by molar-refractivity contribution is 7.54. The lowest BCUT2D eigenvalue weighted by atomic mass is 10.1. The molecular weight excluding hydrogens is 402 g/mol. The number of halogens is 3. The summed E-state index contributed by atoms with van der Waals surface area (Å²) in [6, 6.07) is 12.0. The van der Waals surface area contributed by atoms with Gasteiger partial charge in [-0.15, -0.1) is 0 Å². The van der Waals surface area contributed by atoms with E-state index in [1.807, 2.05) is 19.1 Å². The van der Waals surface area contributed by atoms with Crippen LogP contribution in [0.1, 0.15) is 50.2 Å². The first-order chi connectivity index (χ1) is 13.4. The Balaban J connectivity index is 2.54. The van der Waals surface area contributed by atoms with Gasteiger partial charge in [0.1, 0.15) is 0 Å². The van der Waals surface area contributed by atoms with Crippen molar-refractivity contribution in [1.82, 2.24) is 0 Å². The lowest BCUT2D eigenvalue weighted by Crippen LogP contribution is -2.19. The third kappa shape index (κ3) is 6.59. The fourth-order valence-electron chi connectivity index (χ4n) is 2.86. The Bertz CT molecular complexity index is 854. The van der Waals surface area contributed by atoms with Crippen LogP contribution in [0.2, 0.25) is 0 Å². The molecule has 2 rings (SSSR count). The first-order valence-corrected chi connectivity index (χ1v) is 11.0. The zero-order valence-corrected chi connectivity index (χ0v) is 18.1. The number of hydrogen-bond donors (Lipinski definition) is 1. The minimum atomic E-state index is -4.48. The number of aryl methyl sites for hydroxylation is 1. The molecule has 0 spiro atoms. The lowest BCUT2D eigenvalue weighted by molar-refractivity contribution is -0.137. The molecule has 0 saturated carbocycles. The highest BCUT2D eigenvalue weighted by atomic mass is 31.2. The maximum absolute atomic E-state index is 13.8. The highest BCUT2D eigenvalue weighted by Gasteiger charge is 2.40. The van der Waals surface area contributed by atoms with Crippen LogP contribution in [-0.4, -0.2) is 12.2 Å². The molecule has 0 aliphatic heterocycles. The highest BCUT2D eigenvalue weighted by Crippen LogP contribution is 2.62. The summed E-state index contributed by atoms with van der Waals surface area (Å²) in [5, 5.41) is 2.97. The quantitative estimate of drug-likeness (QED) is 0.452. The number of alkyl halides is 3. The largest absolute Gasteiger partial charge is 0.416 e. The fraction of sp³-hybridized carbons (Fsp3) is 0.429. The van der Waals surface area contributed by atoms with Gasteiger partial charge in [0.2, 0.25) is 0 Å². The molecule has 0 fully saturated rings. The SMILES string of the molecule is Cc1cccc([C@H](Nc2cccc(C(F)(F)F)c2)P(=O)(OC(C)C)OC(C)C)c1. The number of benzene rings is 2. The molecule has 0 bridgehead atoms. The van der Waals surface area contributed by atoms with Crippen LogP contribution in [0.3, 0.4) is 0 Å². The molecule has 1 N–H and O–H groups in total. The standard InChI is InChI=1S/C21H27F3NO3P/c1-14(2)27-29(26,28-15(3)4)20(17-9-6-8-16(5)12-17)25-19-11-7-10-18(13-19)21(22,23)24/h6-15,20,25H,1-5H3/t20-/m1/s1. The van der Waals surface area contributed by atoms with E-state index in [1.165, 1.54) is 12.1 Å². The smallest absolute Gasteiger partial charge is 0.368 e. The van der Waals surface area contributed by atoms with Crippen LogP contribution in [-0.2, 0) is 19.8 Å². The van der Waals surface area contributed by atoms with Crippen molar-refractivity contribution in [3.63, 3.8) is 0 Å². The summed E-state index contributed by atoms with van der Waals surface area (Å²) in [5.41, 5.74) is 0.896. The zero-order chi connectivity index (χ0) is 21.8. The van der Waals surface area contributed by atoms with Crippen LogP contribution in [0.15, 0.2) is 48.5 Å². The first kappa shape index (κ1) is 23.5. The van der Waals surface area contributed by atoms with Gasteiger partial charge in [-0.25, -0.2) is 0 Å². The Morgan fingerprint density at radius 3 is 2.03 bits per heavy atom. The minimum Gasteiger partial charge on any atom is -0.368 e. The summed E-state index contributed by atoms with van der Waals surface area (Å²) < 4.78 is 64.6. The van der Waals surface area contributed by atoms with E-state index >= 15 is 0 Å². The molecule has 0 unspecified atom stereocenters. The number of nitrogens with one attached hydrogen (secondary N) is 1. The normalized spacial score (nSPS) is 13.7. The van der Waals surface area contributed by atoms with Gasteiger partial charge in [0, 0.05) is 5.69 Å². The molecule has 0 aliphatic carbocycles. The van der Waals surface area contributed by atoms with E-state index in [-0.39, 0.29) is 5.69 Å². The monoisotopic (exact) mass is 429 g/mol. The van der Waals surface area contributed by atoms with Gasteiger partial charge in [-0.05, 0) is 58.4 Å². The van der Waals surface area contributed by atoms with Crippen LogP contribution in [0.4, 0.5) is 18.9 Å². The molecule has 29 heavy (non-hydrogen) atoms. The van der Waals surface area contributed by atoms with Gasteiger partial charge in [0.05, 0.1) is 17.8 Å². The fourth-order valence-corrected chi connectivity index (χ4v) is 5.16. The van der Waals surface area contributed by atoms with E-state index in [0.717, 1.165) is 17.7 Å². The molecule has 160 valence electrons. The van der Waals surface area contributed by atoms with Crippen molar-refractivity contribution in [3.05, 3.63) is 65.2 Å². The summed E-state index contributed by atoms with van der Waals surface area (Å²) in [4.78, 5) is 0. The molecule has 1 atom stereocenters. The second kappa shape index (κ2) is 9.33. The van der Waals surface area contributed by atoms with Crippen molar-refractivity contribution in [2.75, 3.05) is 5.32 Å². The molecule has 2 aromatic rings. The molecule has 0 amide bonds. The number of anilines is 1. The third-order valence-electron chi connectivity index (χ3n) is 3.88. The Kier molecular flexibility index (Phi) is 7.55. The Labute approximate surface area is 170 Å². The van der Waals surface area contributed by atoms with Crippen LogP contribution >= 0.6 is 7.60 Å². The van der Waals surface area contributed by atoms with E-state index in [2.05, 4.69) is 5.32 Å². The van der Waals surface area contributed by atoms with E-state index in [0.29, 0.717) is 5.56 Å². The number of hydrogen-bond acceptors (Lipinski definition) is 4. The summed E-state index contributed by atoms with van der Waals surface area (Å²) >= 11 is 0. The average Bonchev–Trinajstić information content (AvgIpc) is 2.57. The summed E-state index contributed by atoms with van der Waals surface area (Å²) in [7, 11) is -3.80. The summed E-state index contributed by atoms with van der Waals surface area (Å²) in [6.45, 7) is 8.80. The van der Waals surface area contributed by atoms with Crippen molar-refractivity contribution in [2.45, 2.75) is 58.8 Å². The second-order valence-electron chi connectivity index (χ2n) is 7.39. The van der Waals surface area contributed by atoms with Crippen molar-refractivity contribution in [3.8, 4) is 0 Å². The molecule has 0 radical (unpaired) electrons. The molecule has 0 saturated heterocycles. The Morgan fingerprint density at radius 1 is 0.931 bits per heavy atom. The first-order valence-electron chi connectivity index (χ1n) is 9.37. The van der Waals surface area contributed by atoms with Crippen LogP contribution in [0.5, 0.6) is 0 Å². The van der Waals surface area contributed by atoms with Crippen LogP contribution in [0.25, 0.3) is 0 Å². The van der Waals surface area contributed by atoms with Gasteiger partial charge in [0.25, 0.3) is 0 Å². The average molecular weight is 429 g/mol. The topological polar surface area (TPSA) is 47.6 Å². The van der Waals surface area contributed by atoms with Gasteiger partial charge in [-0.3, -0.25) is 4.57 Å². The van der Waals surface area contributed by atoms with Gasteiger partial charge in [-0.2, -0.15) is 13.2 Å². The minimum absolute atomic E-state index is 0.172. The van der Waals surface area contributed by atoms with Crippen LogP contribution < -0.4 is 5.32 Å². The molecule has 8 heteroatoms. The van der Waals surface area contributed by atoms with Gasteiger partial charge < -0.3 is 14.4 Å².